The molecule has 0 aliphatic rings. The molecule has 1 unspecified atom stereocenters. The molecular weight excluding hydrogens is 416 g/mol. The van der Waals surface area contributed by atoms with Crippen molar-refractivity contribution < 1.29 is 0 Å². The first-order valence-corrected chi connectivity index (χ1v) is 11.5. The molecule has 34 heavy (non-hydrogen) atoms. The van der Waals surface area contributed by atoms with Gasteiger partial charge in [0.1, 0.15) is 0 Å². The molecular formula is C30H26N4. The molecule has 0 fully saturated rings. The second-order valence-corrected chi connectivity index (χ2v) is 8.41. The number of hydrogen-bond acceptors (Lipinski definition) is 4. The van der Waals surface area contributed by atoms with Crippen molar-refractivity contribution in [2.45, 2.75) is 19.4 Å². The van der Waals surface area contributed by atoms with Gasteiger partial charge in [-0.2, -0.15) is 0 Å². The summed E-state index contributed by atoms with van der Waals surface area (Å²) in [4.78, 5) is 13.2. The highest BCUT2D eigenvalue weighted by Crippen LogP contribution is 2.30. The van der Waals surface area contributed by atoms with Gasteiger partial charge in [0.2, 0.25) is 0 Å². The van der Waals surface area contributed by atoms with Crippen molar-refractivity contribution in [1.82, 2.24) is 15.0 Å². The Morgan fingerprint density at radius 1 is 0.618 bits per heavy atom. The maximum atomic E-state index is 4.93. The predicted molar refractivity (Wildman–Crippen MR) is 139 cm³/mol. The molecule has 4 nitrogen and oxygen atoms in total. The zero-order valence-electron chi connectivity index (χ0n) is 19.1. The smallest absolute Gasteiger partial charge is 0.0716 e. The molecule has 0 saturated carbocycles. The van der Waals surface area contributed by atoms with Gasteiger partial charge in [0.25, 0.3) is 0 Å². The number of nitrogens with one attached hydrogen (secondary N) is 1. The Morgan fingerprint density at radius 3 is 1.74 bits per heavy atom. The maximum absolute atomic E-state index is 4.93. The first kappa shape index (κ1) is 21.5. The first-order chi connectivity index (χ1) is 16.7. The van der Waals surface area contributed by atoms with Crippen LogP contribution in [0.15, 0.2) is 116 Å². The number of benzene rings is 2. The predicted octanol–water partition coefficient (Wildman–Crippen LogP) is 6.92. The van der Waals surface area contributed by atoms with Crippen LogP contribution in [0.2, 0.25) is 0 Å². The third-order valence-electron chi connectivity index (χ3n) is 5.79. The van der Waals surface area contributed by atoms with Crippen molar-refractivity contribution >= 4 is 5.69 Å². The second-order valence-electron chi connectivity index (χ2n) is 8.41. The molecule has 5 aromatic rings. The first-order valence-electron chi connectivity index (χ1n) is 11.5. The normalized spacial score (nSPS) is 11.7. The minimum Gasteiger partial charge on any atom is -0.382 e. The number of pyridine rings is 3. The van der Waals surface area contributed by atoms with Crippen molar-refractivity contribution in [2.24, 2.45) is 0 Å². The fraction of sp³-hybridized carbons (Fsp3) is 0.100. The van der Waals surface area contributed by atoms with Crippen LogP contribution in [0.25, 0.3) is 33.6 Å². The Bertz CT molecular complexity index is 1280. The molecule has 0 aliphatic carbocycles. The highest BCUT2D eigenvalue weighted by atomic mass is 14.9. The van der Waals surface area contributed by atoms with Crippen LogP contribution in [-0.4, -0.2) is 21.0 Å². The molecule has 5 rings (SSSR count). The van der Waals surface area contributed by atoms with Crippen LogP contribution in [0.4, 0.5) is 5.69 Å². The van der Waals surface area contributed by atoms with Gasteiger partial charge >= 0.3 is 0 Å². The average Bonchev–Trinajstić information content (AvgIpc) is 2.90. The zero-order chi connectivity index (χ0) is 23.2. The standard InChI is InChI=1S/C30H26N4/c1-22(19-23-5-3-2-4-6-23)33-28-9-7-24(8-10-28)27-20-29(25-11-15-31-16-12-25)34-30(21-27)26-13-17-32-18-14-26/h2-18,20-22,33H,19H2,1H3. The van der Waals surface area contributed by atoms with Gasteiger partial charge in [0.15, 0.2) is 0 Å². The summed E-state index contributed by atoms with van der Waals surface area (Å²) in [6.07, 6.45) is 8.18. The van der Waals surface area contributed by atoms with E-state index in [0.717, 1.165) is 45.7 Å². The fourth-order valence-electron chi connectivity index (χ4n) is 4.10. The molecule has 0 saturated heterocycles. The Hall–Kier alpha value is -4.31. The molecule has 2 aromatic carbocycles. The van der Waals surface area contributed by atoms with Crippen molar-refractivity contribution in [2.75, 3.05) is 5.32 Å². The summed E-state index contributed by atoms with van der Waals surface area (Å²) in [6, 6.07) is 31.8. The van der Waals surface area contributed by atoms with Crippen LogP contribution in [-0.2, 0) is 6.42 Å². The molecule has 0 aliphatic heterocycles. The third kappa shape index (κ3) is 5.18. The quantitative estimate of drug-likeness (QED) is 0.297. The molecule has 0 spiro atoms. The maximum Gasteiger partial charge on any atom is 0.0716 e. The van der Waals surface area contributed by atoms with E-state index in [1.165, 1.54) is 5.56 Å². The van der Waals surface area contributed by atoms with Crippen molar-refractivity contribution in [3.63, 3.8) is 0 Å². The number of aromatic nitrogens is 3. The largest absolute Gasteiger partial charge is 0.382 e. The second kappa shape index (κ2) is 10.1. The number of hydrogen-bond donors (Lipinski definition) is 1. The topological polar surface area (TPSA) is 50.7 Å². The Balaban J connectivity index is 1.42. The minimum atomic E-state index is 0.339. The highest BCUT2D eigenvalue weighted by Gasteiger charge is 2.10. The molecule has 0 radical (unpaired) electrons. The summed E-state index contributed by atoms with van der Waals surface area (Å²) in [5.41, 5.74) is 8.65. The zero-order valence-corrected chi connectivity index (χ0v) is 19.1. The molecule has 3 heterocycles. The van der Waals surface area contributed by atoms with Gasteiger partial charge in [-0.15, -0.1) is 0 Å². The van der Waals surface area contributed by atoms with Crippen molar-refractivity contribution in [1.29, 1.82) is 0 Å². The van der Waals surface area contributed by atoms with E-state index in [9.17, 15) is 0 Å². The summed E-state index contributed by atoms with van der Waals surface area (Å²) in [5, 5.41) is 3.62. The van der Waals surface area contributed by atoms with E-state index >= 15 is 0 Å². The van der Waals surface area contributed by atoms with Crippen LogP contribution in [0.1, 0.15) is 12.5 Å². The van der Waals surface area contributed by atoms with Crippen molar-refractivity contribution in [3.8, 4) is 33.6 Å². The van der Waals surface area contributed by atoms with Crippen LogP contribution < -0.4 is 5.32 Å². The van der Waals surface area contributed by atoms with Gasteiger partial charge in [-0.3, -0.25) is 9.97 Å². The molecule has 166 valence electrons. The van der Waals surface area contributed by atoms with Crippen LogP contribution >= 0.6 is 0 Å². The Morgan fingerprint density at radius 2 is 1.18 bits per heavy atom. The summed E-state index contributed by atoms with van der Waals surface area (Å²) in [5.74, 6) is 0. The van der Waals surface area contributed by atoms with Gasteiger partial charge < -0.3 is 5.32 Å². The lowest BCUT2D eigenvalue weighted by atomic mass is 10.00. The van der Waals surface area contributed by atoms with Gasteiger partial charge in [0.05, 0.1) is 11.4 Å². The Kier molecular flexibility index (Phi) is 6.39. The summed E-state index contributed by atoms with van der Waals surface area (Å²) in [6.45, 7) is 2.21. The number of anilines is 1. The van der Waals surface area contributed by atoms with Gasteiger partial charge in [-0.05, 0) is 78.6 Å². The van der Waals surface area contributed by atoms with Crippen LogP contribution in [0.5, 0.6) is 0 Å². The van der Waals surface area contributed by atoms with Gasteiger partial charge in [-0.25, -0.2) is 4.98 Å². The molecule has 4 heteroatoms. The Labute approximate surface area is 200 Å². The van der Waals surface area contributed by atoms with E-state index in [1.54, 1.807) is 24.8 Å². The third-order valence-corrected chi connectivity index (χ3v) is 5.79. The van der Waals surface area contributed by atoms with E-state index in [0.29, 0.717) is 6.04 Å². The van der Waals surface area contributed by atoms with E-state index in [4.69, 9.17) is 4.98 Å². The minimum absolute atomic E-state index is 0.339. The summed E-state index contributed by atoms with van der Waals surface area (Å²) in [7, 11) is 0. The summed E-state index contributed by atoms with van der Waals surface area (Å²) >= 11 is 0. The van der Waals surface area contributed by atoms with Crippen molar-refractivity contribution in [3.05, 3.63) is 121 Å². The van der Waals surface area contributed by atoms with Crippen LogP contribution in [0, 0.1) is 0 Å². The summed E-state index contributed by atoms with van der Waals surface area (Å²) < 4.78 is 0. The van der Waals surface area contributed by atoms with Crippen LogP contribution in [0.3, 0.4) is 0 Å². The number of nitrogens with zero attached hydrogens (tertiary/aromatic N) is 3. The molecule has 0 bridgehead atoms. The average molecular weight is 443 g/mol. The lowest BCUT2D eigenvalue weighted by molar-refractivity contribution is 0.790. The van der Waals surface area contributed by atoms with E-state index in [-0.39, 0.29) is 0 Å². The lowest BCUT2D eigenvalue weighted by Gasteiger charge is -2.16. The molecule has 0 amide bonds. The lowest BCUT2D eigenvalue weighted by Crippen LogP contribution is -2.17. The highest BCUT2D eigenvalue weighted by molar-refractivity contribution is 5.77. The molecule has 1 N–H and O–H groups in total. The van der Waals surface area contributed by atoms with E-state index in [2.05, 4.69) is 88.9 Å². The van der Waals surface area contributed by atoms with E-state index in [1.807, 2.05) is 24.3 Å². The number of rotatable bonds is 7. The molecule has 3 aromatic heterocycles. The van der Waals surface area contributed by atoms with E-state index < -0.39 is 0 Å². The monoisotopic (exact) mass is 442 g/mol. The fourth-order valence-corrected chi connectivity index (χ4v) is 4.10. The molecule has 1 atom stereocenters. The SMILES string of the molecule is CC(Cc1ccccc1)Nc1ccc(-c2cc(-c3ccncc3)nc(-c3ccncc3)c2)cc1. The van der Waals surface area contributed by atoms with Gasteiger partial charge in [0, 0.05) is 47.6 Å². The van der Waals surface area contributed by atoms with Gasteiger partial charge in [-0.1, -0.05) is 42.5 Å².